The minimum absolute atomic E-state index is 0.0577. The number of nitrogens with one attached hydrogen (secondary N) is 1. The number of amides is 2. The molecule has 2 amide bonds. The first kappa shape index (κ1) is 12.4. The lowest BCUT2D eigenvalue weighted by molar-refractivity contribution is 0.127. The molecule has 1 saturated heterocycles. The fourth-order valence-corrected chi connectivity index (χ4v) is 3.37. The van der Waals surface area contributed by atoms with Gasteiger partial charge >= 0.3 is 6.03 Å². The van der Waals surface area contributed by atoms with Gasteiger partial charge in [0.1, 0.15) is 11.6 Å². The average molecular weight is 439 g/mol. The topological polar surface area (TPSA) is 44.8 Å². The third-order valence-corrected chi connectivity index (χ3v) is 5.09. The SMILES string of the molecule is [2H]C([2H])(NC(=O)N(Cc1ccc(F)cc1)C1CCN(C)CC1)c1ccc(OC([2H])([2H])C([2H])(C([2H])([2H])[2H])C([2H])([2H])[2H])cc1. The van der Waals surface area contributed by atoms with Crippen molar-refractivity contribution in [2.75, 3.05) is 26.7 Å². The van der Waals surface area contributed by atoms with Crippen molar-refractivity contribution in [3.8, 4) is 5.75 Å². The summed E-state index contributed by atoms with van der Waals surface area (Å²) in [6.07, 6.45) is 1.32. The summed E-state index contributed by atoms with van der Waals surface area (Å²) in [6.45, 7) is -11.5. The Labute approximate surface area is 200 Å². The summed E-state index contributed by atoms with van der Waals surface area (Å²) in [6, 6.07) is 9.31. The number of rotatable bonds is 8. The van der Waals surface area contributed by atoms with Gasteiger partial charge in [-0.25, -0.2) is 9.18 Å². The molecular formula is C25H34FN3O2. The van der Waals surface area contributed by atoms with Gasteiger partial charge < -0.3 is 19.9 Å². The van der Waals surface area contributed by atoms with Crippen molar-refractivity contribution in [1.29, 1.82) is 0 Å². The summed E-state index contributed by atoms with van der Waals surface area (Å²) >= 11 is 0. The first-order valence-electron chi connectivity index (χ1n) is 15.5. The molecule has 5 nitrogen and oxygen atoms in total. The minimum Gasteiger partial charge on any atom is -0.493 e. The van der Waals surface area contributed by atoms with E-state index < -0.39 is 44.5 Å². The van der Waals surface area contributed by atoms with Crippen LogP contribution in [-0.4, -0.2) is 48.6 Å². The lowest BCUT2D eigenvalue weighted by atomic mass is 10.0. The van der Waals surface area contributed by atoms with Crippen molar-refractivity contribution >= 4 is 6.03 Å². The van der Waals surface area contributed by atoms with Gasteiger partial charge in [0, 0.05) is 28.7 Å². The fraction of sp³-hybridized carbons (Fsp3) is 0.480. The van der Waals surface area contributed by atoms with Crippen LogP contribution in [-0.2, 0) is 13.0 Å². The monoisotopic (exact) mass is 438 g/mol. The smallest absolute Gasteiger partial charge is 0.318 e. The number of carbonyl (C=O) groups is 1. The average Bonchev–Trinajstić information content (AvgIpc) is 2.87. The van der Waals surface area contributed by atoms with E-state index in [4.69, 9.17) is 19.8 Å². The highest BCUT2D eigenvalue weighted by molar-refractivity contribution is 5.74. The minimum atomic E-state index is -3.63. The summed E-state index contributed by atoms with van der Waals surface area (Å²) in [5.41, 5.74) is 0.610. The number of carbonyl (C=O) groups excluding carboxylic acids is 1. The molecule has 0 radical (unpaired) electrons. The lowest BCUT2D eigenvalue weighted by Crippen LogP contribution is -2.49. The van der Waals surface area contributed by atoms with Crippen LogP contribution < -0.4 is 10.1 Å². The number of halogens is 1. The van der Waals surface area contributed by atoms with E-state index in [0.717, 1.165) is 25.2 Å². The highest BCUT2D eigenvalue weighted by Crippen LogP contribution is 2.19. The van der Waals surface area contributed by atoms with Crippen LogP contribution in [0.15, 0.2) is 48.5 Å². The molecule has 1 aliphatic rings. The predicted molar refractivity (Wildman–Crippen MR) is 121 cm³/mol. The fourth-order valence-electron chi connectivity index (χ4n) is 3.37. The summed E-state index contributed by atoms with van der Waals surface area (Å²) in [4.78, 5) is 17.1. The normalized spacial score (nSPS) is 22.5. The number of hydrogen-bond acceptors (Lipinski definition) is 3. The first-order chi connectivity index (χ1) is 19.2. The molecule has 2 aromatic carbocycles. The zero-order chi connectivity index (χ0) is 31.7. The molecule has 0 aliphatic carbocycles. The summed E-state index contributed by atoms with van der Waals surface area (Å²) in [7, 11) is 1.97. The molecule has 0 spiro atoms. The number of nitrogens with zero attached hydrogens (tertiary/aromatic N) is 2. The van der Waals surface area contributed by atoms with Gasteiger partial charge in [-0.2, -0.15) is 0 Å². The molecule has 3 rings (SSSR count). The Morgan fingerprint density at radius 3 is 2.52 bits per heavy atom. The Hall–Kier alpha value is -2.60. The molecular weight excluding hydrogens is 393 g/mol. The Kier molecular flexibility index (Phi) is 4.47. The number of likely N-dealkylation sites (tertiary alicyclic amines) is 1. The van der Waals surface area contributed by atoms with E-state index in [0.29, 0.717) is 18.4 Å². The van der Waals surface area contributed by atoms with E-state index in [1.807, 2.05) is 7.05 Å². The van der Waals surface area contributed by atoms with E-state index in [1.165, 1.54) is 29.2 Å². The maximum atomic E-state index is 13.4. The Morgan fingerprint density at radius 1 is 1.23 bits per heavy atom. The van der Waals surface area contributed by atoms with Gasteiger partial charge in [0.2, 0.25) is 0 Å². The maximum Gasteiger partial charge on any atom is 0.318 e. The second-order valence-corrected chi connectivity index (χ2v) is 7.45. The van der Waals surface area contributed by atoms with Crippen LogP contribution in [0.25, 0.3) is 0 Å². The van der Waals surface area contributed by atoms with Gasteiger partial charge in [0.15, 0.2) is 0 Å². The van der Waals surface area contributed by atoms with Gasteiger partial charge in [-0.1, -0.05) is 38.0 Å². The van der Waals surface area contributed by atoms with Crippen LogP contribution in [0.3, 0.4) is 0 Å². The molecule has 31 heavy (non-hydrogen) atoms. The van der Waals surface area contributed by atoms with Crippen LogP contribution in [0.4, 0.5) is 9.18 Å². The zero-order valence-corrected chi connectivity index (χ0v) is 17.3. The molecule has 1 N–H and O–H groups in total. The molecule has 2 aromatic rings. The molecule has 1 heterocycles. The van der Waals surface area contributed by atoms with Crippen LogP contribution >= 0.6 is 0 Å². The van der Waals surface area contributed by atoms with Crippen molar-refractivity contribution in [2.45, 2.75) is 45.6 Å². The summed E-state index contributed by atoms with van der Waals surface area (Å²) in [5.74, 6) is -4.40. The number of urea groups is 1. The molecule has 1 aliphatic heterocycles. The highest BCUT2D eigenvalue weighted by Gasteiger charge is 2.27. The van der Waals surface area contributed by atoms with Crippen molar-refractivity contribution in [3.05, 3.63) is 65.5 Å². The molecule has 1 fully saturated rings. The molecule has 0 bridgehead atoms. The molecule has 168 valence electrons. The Balaban J connectivity index is 1.80. The Bertz CT molecular complexity index is 1200. The standard InChI is InChI=1S/C25H34FN3O2/c1-19(2)18-31-24-10-6-20(7-11-24)16-27-25(30)29(23-12-14-28(3)15-13-23)17-21-4-8-22(26)9-5-21/h4-11,19,23H,12-18H2,1-3H3,(H,27,30)/i1D3,2D3,16D2,18D2,19D. The van der Waals surface area contributed by atoms with Crippen LogP contribution in [0.5, 0.6) is 5.75 Å². The number of ether oxygens (including phenoxy) is 1. The summed E-state index contributed by atoms with van der Waals surface area (Å²) < 4.78 is 105. The zero-order valence-electron chi connectivity index (χ0n) is 28.3. The second-order valence-electron chi connectivity index (χ2n) is 7.45. The lowest BCUT2D eigenvalue weighted by Gasteiger charge is -2.37. The number of hydrogen-bond donors (Lipinski definition) is 1. The summed E-state index contributed by atoms with van der Waals surface area (Å²) in [5, 5.41) is 2.38. The van der Waals surface area contributed by atoms with Crippen molar-refractivity contribution in [1.82, 2.24) is 15.1 Å². The highest BCUT2D eigenvalue weighted by atomic mass is 19.1. The van der Waals surface area contributed by atoms with E-state index >= 15 is 0 Å². The van der Waals surface area contributed by atoms with E-state index in [9.17, 15) is 9.18 Å². The largest absolute Gasteiger partial charge is 0.493 e. The van der Waals surface area contributed by atoms with Gasteiger partial charge in [0.25, 0.3) is 0 Å². The van der Waals surface area contributed by atoms with Gasteiger partial charge in [-0.3, -0.25) is 0 Å². The van der Waals surface area contributed by atoms with Gasteiger partial charge in [-0.15, -0.1) is 0 Å². The first-order valence-corrected chi connectivity index (χ1v) is 9.99. The molecule has 0 aromatic heterocycles. The van der Waals surface area contributed by atoms with Crippen LogP contribution in [0, 0.1) is 11.7 Å². The maximum absolute atomic E-state index is 13.4. The van der Waals surface area contributed by atoms with E-state index in [-0.39, 0.29) is 23.9 Å². The van der Waals surface area contributed by atoms with Crippen molar-refractivity contribution < 1.29 is 29.0 Å². The number of piperidine rings is 1. The quantitative estimate of drug-likeness (QED) is 0.652. The molecule has 0 unspecified atom stereocenters. The van der Waals surface area contributed by atoms with Crippen LogP contribution in [0.1, 0.15) is 52.8 Å². The number of benzene rings is 2. The molecule has 0 atom stereocenters. The Morgan fingerprint density at radius 2 is 1.87 bits per heavy atom. The van der Waals surface area contributed by atoms with Crippen LogP contribution in [0.2, 0.25) is 0 Å². The van der Waals surface area contributed by atoms with Gasteiger partial charge in [0.05, 0.1) is 12.0 Å². The molecule has 6 heteroatoms. The van der Waals surface area contributed by atoms with E-state index in [1.54, 1.807) is 12.1 Å². The van der Waals surface area contributed by atoms with Gasteiger partial charge in [-0.05, 0) is 74.3 Å². The predicted octanol–water partition coefficient (Wildman–Crippen LogP) is 4.67. The van der Waals surface area contributed by atoms with E-state index in [2.05, 4.69) is 10.2 Å². The van der Waals surface area contributed by atoms with Crippen molar-refractivity contribution in [2.24, 2.45) is 5.89 Å². The van der Waals surface area contributed by atoms with Crippen molar-refractivity contribution in [3.63, 3.8) is 0 Å². The second kappa shape index (κ2) is 11.1. The third kappa shape index (κ3) is 7.24. The molecule has 0 saturated carbocycles. The third-order valence-electron chi connectivity index (χ3n) is 5.09.